The van der Waals surface area contributed by atoms with Crippen molar-refractivity contribution in [3.63, 3.8) is 0 Å². The number of aryl methyl sites for hydroxylation is 6. The summed E-state index contributed by atoms with van der Waals surface area (Å²) < 4.78 is 9.89. The third-order valence-corrected chi connectivity index (χ3v) is 6.23. The van der Waals surface area contributed by atoms with Crippen molar-refractivity contribution in [2.24, 2.45) is 0 Å². The Hall–Kier alpha value is 1.22. The van der Waals surface area contributed by atoms with Crippen LogP contribution in [-0.4, -0.2) is 145 Å². The fraction of sp³-hybridized carbons (Fsp3) is 0.684. The molecule has 0 spiro atoms. The first-order chi connectivity index (χ1) is 23.3. The minimum Gasteiger partial charge on any atom is -0.872 e. The van der Waals surface area contributed by atoms with E-state index in [2.05, 4.69) is 0 Å². The van der Waals surface area contributed by atoms with Crippen molar-refractivity contribution >= 4 is 0 Å². The molecule has 0 atom stereocenters. The van der Waals surface area contributed by atoms with Crippen molar-refractivity contribution in [3.05, 3.63) is 57.6 Å². The van der Waals surface area contributed by atoms with Gasteiger partial charge in [0, 0.05) is 0 Å². The van der Waals surface area contributed by atoms with Crippen LogP contribution in [0.25, 0.3) is 0 Å². The van der Waals surface area contributed by atoms with Gasteiger partial charge < -0.3 is 59.7 Å². The Balaban J connectivity index is -0.0000000549. The van der Waals surface area contributed by atoms with Crippen LogP contribution in [0, 0.1) is 41.5 Å². The zero-order valence-electron chi connectivity index (χ0n) is 40.0. The topological polar surface area (TPSA) is 172 Å². The van der Waals surface area contributed by atoms with Gasteiger partial charge in [-0.3, -0.25) is 0 Å². The van der Waals surface area contributed by atoms with E-state index in [9.17, 15) is 30.6 Å². The number of nitrogens with zero attached hydrogens (tertiary/aromatic N) is 2. The van der Waals surface area contributed by atoms with Gasteiger partial charge in [-0.2, -0.15) is 0 Å². The average Bonchev–Trinajstić information content (AvgIpc) is 3.01. The van der Waals surface area contributed by atoms with Crippen LogP contribution in [0.1, 0.15) is 33.4 Å². The third-order valence-electron chi connectivity index (χ3n) is 6.23. The summed E-state index contributed by atoms with van der Waals surface area (Å²) in [5, 5.41) is 61.1. The molecular weight excluding hydrogens is 682 g/mol. The molecule has 0 amide bonds. The second-order valence-corrected chi connectivity index (χ2v) is 13.0. The van der Waals surface area contributed by atoms with Crippen LogP contribution in [-0.2, 0) is 9.47 Å². The molecule has 0 unspecified atom stereocenters. The molecule has 12 nitrogen and oxygen atoms in total. The molecule has 0 aromatic heterocycles. The zero-order valence-corrected chi connectivity index (χ0v) is 40.0. The molecule has 2 N–H and O–H groups in total. The van der Waals surface area contributed by atoms with Crippen LogP contribution >= 0.6 is 0 Å². The Morgan fingerprint density at radius 1 is 0.464 bits per heavy atom. The quantitative estimate of drug-likeness (QED) is 0.247. The first kappa shape index (κ1) is 81.1. The van der Waals surface area contributed by atoms with E-state index in [0.717, 1.165) is 72.9 Å². The molecular formula is C38H72Li6N4O8+2. The Morgan fingerprint density at radius 2 is 0.679 bits per heavy atom. The molecule has 0 aliphatic carbocycles. The number of nitrogens with one attached hydrogen (secondary N) is 2. The van der Waals surface area contributed by atoms with Gasteiger partial charge in [-0.25, -0.2) is 0 Å². The molecule has 1 saturated heterocycles. The van der Waals surface area contributed by atoms with Gasteiger partial charge in [0.1, 0.15) is 0 Å². The van der Waals surface area contributed by atoms with Crippen molar-refractivity contribution in [1.29, 1.82) is 0 Å². The van der Waals surface area contributed by atoms with E-state index in [1.54, 1.807) is 0 Å². The smallest absolute Gasteiger partial charge is 0.872 e. The van der Waals surface area contributed by atoms with Crippen molar-refractivity contribution in [2.45, 2.75) is 41.5 Å². The van der Waals surface area contributed by atoms with Crippen LogP contribution < -0.4 is 154 Å². The predicted octanol–water partition coefficient (Wildman–Crippen LogP) is -21.8. The Morgan fingerprint density at radius 3 is 0.768 bits per heavy atom. The normalized spacial score (nSPS) is 10.4. The molecule has 18 heteroatoms. The molecule has 56 heavy (non-hydrogen) atoms. The van der Waals surface area contributed by atoms with Crippen molar-refractivity contribution in [3.8, 4) is 11.5 Å². The van der Waals surface area contributed by atoms with Crippen LogP contribution in [0.4, 0.5) is 0 Å². The Labute approximate surface area is 415 Å². The zero-order chi connectivity index (χ0) is 39.7. The van der Waals surface area contributed by atoms with Gasteiger partial charge in [-0.1, -0.05) is 70.9 Å². The van der Waals surface area contributed by atoms with E-state index in [4.69, 9.17) is 9.47 Å². The standard InChI is InChI=1S/2C9H12O.4C4H10NO.C4H8O2.6Li/c2*1-6-4-7(2)9(10)8(3)5-6;4*1-5(2)3-4-6;1-2-6-4-3-5-1;;;;;;/h2*4-5,10H,1-3H3;4*3-4H2,1-2H3;1-4H2;;;;;;/q;;4*-1;;6*+1. The second kappa shape index (κ2) is 56.2. The van der Waals surface area contributed by atoms with Crippen LogP contribution in [0.2, 0.25) is 0 Å². The summed E-state index contributed by atoms with van der Waals surface area (Å²) in [6, 6.07) is 7.65. The molecule has 0 bridgehead atoms. The maximum absolute atomic E-state index is 11.1. The monoisotopic (exact) mass is 755 g/mol. The number of hydrogen-bond donors (Lipinski definition) is 2. The maximum Gasteiger partial charge on any atom is 1.00 e. The maximum atomic E-state index is 11.1. The molecule has 1 heterocycles. The number of hydrogen-bond acceptors (Lipinski definition) is 10. The van der Waals surface area contributed by atoms with Crippen LogP contribution in [0.3, 0.4) is 0 Å². The summed E-state index contributed by atoms with van der Waals surface area (Å²) >= 11 is 0. The fourth-order valence-corrected chi connectivity index (χ4v) is 3.55. The van der Waals surface area contributed by atoms with Gasteiger partial charge in [0.15, 0.2) is 0 Å². The molecule has 3 rings (SSSR count). The van der Waals surface area contributed by atoms with Gasteiger partial charge in [0.05, 0.1) is 67.7 Å². The number of rotatable bonds is 8. The summed E-state index contributed by atoms with van der Waals surface area (Å²) in [6.45, 7) is 17.4. The molecule has 1 aliphatic heterocycles. The van der Waals surface area contributed by atoms with Crippen molar-refractivity contribution < 1.29 is 163 Å². The predicted molar refractivity (Wildman–Crippen MR) is 194 cm³/mol. The van der Waals surface area contributed by atoms with E-state index < -0.39 is 0 Å². The number of benzene rings is 2. The fourth-order valence-electron chi connectivity index (χ4n) is 3.55. The number of likely N-dealkylation sites (N-methyl/N-ethyl adjacent to an activating group) is 4. The molecule has 1 fully saturated rings. The Bertz CT molecular complexity index is 908. The summed E-state index contributed by atoms with van der Waals surface area (Å²) in [6.07, 6.45) is 0. The minimum atomic E-state index is 0. The molecule has 2 aromatic rings. The molecule has 0 saturated carbocycles. The number of ether oxygens (including phenoxy) is 2. The van der Waals surface area contributed by atoms with Gasteiger partial charge >= 0.3 is 113 Å². The molecule has 0 radical (unpaired) electrons. The summed E-state index contributed by atoms with van der Waals surface area (Å²) in [5.41, 5.74) is 5.70. The molecule has 1 aliphatic rings. The van der Waals surface area contributed by atoms with Gasteiger partial charge in [-0.15, -0.1) is 24.7 Å². The van der Waals surface area contributed by atoms with E-state index >= 15 is 0 Å². The van der Waals surface area contributed by atoms with E-state index in [1.807, 2.05) is 132 Å². The molecule has 296 valence electrons. The van der Waals surface area contributed by atoms with Gasteiger partial charge in [0.2, 0.25) is 0 Å². The van der Waals surface area contributed by atoms with Crippen molar-refractivity contribution in [2.75, 3.05) is 135 Å². The Kier molecular flexibility index (Phi) is 81.4. The van der Waals surface area contributed by atoms with E-state index in [1.165, 1.54) is 9.80 Å². The van der Waals surface area contributed by atoms with Gasteiger partial charge in [0.25, 0.3) is 0 Å². The minimum absolute atomic E-state index is 0. The third kappa shape index (κ3) is 61.9. The van der Waals surface area contributed by atoms with E-state index in [-0.39, 0.29) is 151 Å². The van der Waals surface area contributed by atoms with E-state index in [0.29, 0.717) is 13.1 Å². The van der Waals surface area contributed by atoms with Gasteiger partial charge in [-0.05, 0) is 82.8 Å². The molecule has 2 aromatic carbocycles. The summed E-state index contributed by atoms with van der Waals surface area (Å²) in [5.74, 6) is 0.344. The second-order valence-electron chi connectivity index (χ2n) is 13.0. The number of quaternary nitrogens is 2. The summed E-state index contributed by atoms with van der Waals surface area (Å²) in [7, 11) is 15.4. The summed E-state index contributed by atoms with van der Waals surface area (Å²) in [4.78, 5) is 6.19. The average molecular weight is 755 g/mol. The van der Waals surface area contributed by atoms with Crippen LogP contribution in [0.15, 0.2) is 24.3 Å². The van der Waals surface area contributed by atoms with Crippen molar-refractivity contribution in [1.82, 2.24) is 9.80 Å². The first-order valence-corrected chi connectivity index (χ1v) is 17.2. The first-order valence-electron chi connectivity index (χ1n) is 17.2. The SMILES string of the molecule is C1COCCO1.CN(C)CC[O-].CN(C)CC[O-].C[NH+](C)CC[O-].C[NH+](C)CC[O-].Cc1cc(C)c([O-])c(C)c1.Cc1cc(C)c([O-])c(C)c1.[Li+].[Li+].[Li+].[Li+].[Li+].[Li+]. The largest absolute Gasteiger partial charge is 1.00 e. The van der Waals surface area contributed by atoms with Crippen LogP contribution in [0.5, 0.6) is 11.5 Å².